The number of ether oxygens (including phenoxy) is 1. The predicted molar refractivity (Wildman–Crippen MR) is 69.2 cm³/mol. The van der Waals surface area contributed by atoms with E-state index in [-0.39, 0.29) is 11.7 Å². The van der Waals surface area contributed by atoms with Gasteiger partial charge in [-0.25, -0.2) is 4.79 Å². The van der Waals surface area contributed by atoms with Gasteiger partial charge in [-0.2, -0.15) is 4.39 Å². The fourth-order valence-corrected chi connectivity index (χ4v) is 2.26. The molecule has 1 atom stereocenters. The third kappa shape index (κ3) is 2.79. The van der Waals surface area contributed by atoms with Crippen LogP contribution in [-0.2, 0) is 4.74 Å². The molecule has 0 bridgehead atoms. The molecule has 0 radical (unpaired) electrons. The summed E-state index contributed by atoms with van der Waals surface area (Å²) in [6, 6.07) is 3.81. The van der Waals surface area contributed by atoms with Crippen molar-refractivity contribution in [2.75, 3.05) is 25.1 Å². The number of hydrogen-bond acceptors (Lipinski definition) is 5. The van der Waals surface area contributed by atoms with Crippen molar-refractivity contribution < 1.29 is 18.8 Å². The number of anilines is 1. The summed E-state index contributed by atoms with van der Waals surface area (Å²) in [5.41, 5.74) is -0.310. The summed E-state index contributed by atoms with van der Waals surface area (Å²) >= 11 is 0. The lowest BCUT2D eigenvalue weighted by Crippen LogP contribution is -2.37. The van der Waals surface area contributed by atoms with Crippen LogP contribution in [0.3, 0.4) is 0 Å². The molecule has 1 aromatic carbocycles. The lowest BCUT2D eigenvalue weighted by atomic mass is 10.2. The first kappa shape index (κ1) is 14.0. The monoisotopic (exact) mass is 283 g/mol. The number of nitro benzene ring substituents is 1. The molecule has 1 heterocycles. The minimum Gasteiger partial charge on any atom is -0.453 e. The van der Waals surface area contributed by atoms with Gasteiger partial charge in [-0.15, -0.1) is 0 Å². The van der Waals surface area contributed by atoms with Crippen LogP contribution in [0.5, 0.6) is 0 Å². The maximum Gasteiger partial charge on any atom is 0.407 e. The van der Waals surface area contributed by atoms with Gasteiger partial charge in [0, 0.05) is 13.1 Å². The van der Waals surface area contributed by atoms with Gasteiger partial charge in [-0.1, -0.05) is 6.07 Å². The Morgan fingerprint density at radius 2 is 2.35 bits per heavy atom. The van der Waals surface area contributed by atoms with Crippen molar-refractivity contribution in [1.82, 2.24) is 5.32 Å². The predicted octanol–water partition coefficient (Wildman–Crippen LogP) is 1.67. The molecule has 1 aliphatic heterocycles. The number of para-hydroxylation sites is 1. The van der Waals surface area contributed by atoms with E-state index in [1.54, 1.807) is 4.90 Å². The van der Waals surface area contributed by atoms with E-state index < -0.39 is 22.5 Å². The molecular weight excluding hydrogens is 269 g/mol. The summed E-state index contributed by atoms with van der Waals surface area (Å²) < 4.78 is 18.1. The number of halogens is 1. The van der Waals surface area contributed by atoms with Crippen molar-refractivity contribution in [2.24, 2.45) is 0 Å². The van der Waals surface area contributed by atoms with Gasteiger partial charge in [0.2, 0.25) is 5.82 Å². The largest absolute Gasteiger partial charge is 0.453 e. The number of methoxy groups -OCH3 is 1. The highest BCUT2D eigenvalue weighted by Crippen LogP contribution is 2.32. The molecule has 1 aliphatic rings. The summed E-state index contributed by atoms with van der Waals surface area (Å²) in [4.78, 5) is 23.0. The zero-order valence-electron chi connectivity index (χ0n) is 10.8. The summed E-state index contributed by atoms with van der Waals surface area (Å²) in [6.45, 7) is 0.873. The van der Waals surface area contributed by atoms with Crippen LogP contribution in [0.1, 0.15) is 6.42 Å². The van der Waals surface area contributed by atoms with E-state index in [9.17, 15) is 19.3 Å². The van der Waals surface area contributed by atoms with Crippen LogP contribution in [0.4, 0.5) is 20.6 Å². The quantitative estimate of drug-likeness (QED) is 0.673. The minimum absolute atomic E-state index is 0.176. The van der Waals surface area contributed by atoms with Crippen molar-refractivity contribution in [2.45, 2.75) is 12.5 Å². The number of benzene rings is 1. The molecule has 1 aromatic rings. The van der Waals surface area contributed by atoms with Crippen LogP contribution in [-0.4, -0.2) is 37.3 Å². The van der Waals surface area contributed by atoms with Crippen LogP contribution >= 0.6 is 0 Å². The van der Waals surface area contributed by atoms with Gasteiger partial charge in [0.05, 0.1) is 18.1 Å². The summed E-state index contributed by atoms with van der Waals surface area (Å²) in [6.07, 6.45) is 0.0635. The Balaban J connectivity index is 2.16. The number of amides is 1. The number of nitrogens with one attached hydrogen (secondary N) is 1. The van der Waals surface area contributed by atoms with Crippen molar-refractivity contribution in [1.29, 1.82) is 0 Å². The molecule has 7 nitrogen and oxygen atoms in total. The van der Waals surface area contributed by atoms with Gasteiger partial charge >= 0.3 is 11.8 Å². The van der Waals surface area contributed by atoms with Crippen LogP contribution in [0.25, 0.3) is 0 Å². The molecule has 0 aliphatic carbocycles. The van der Waals surface area contributed by atoms with Crippen LogP contribution in [0, 0.1) is 15.9 Å². The Morgan fingerprint density at radius 1 is 1.60 bits per heavy atom. The molecule has 1 unspecified atom stereocenters. The maximum atomic E-state index is 13.6. The highest BCUT2D eigenvalue weighted by molar-refractivity contribution is 5.68. The number of rotatable bonds is 3. The van der Waals surface area contributed by atoms with Gasteiger partial charge in [0.1, 0.15) is 5.69 Å². The fourth-order valence-electron chi connectivity index (χ4n) is 2.26. The third-order valence-electron chi connectivity index (χ3n) is 3.18. The Bertz CT molecular complexity index is 537. The standard InChI is InChI=1S/C12H14FN3O4/c1-20-12(17)14-8-5-6-15(7-8)10-4-2-3-9(13)11(10)16(18)19/h2-4,8H,5-7H2,1H3,(H,14,17). The second-order valence-corrected chi connectivity index (χ2v) is 4.43. The Labute approximate surface area is 114 Å². The number of nitro groups is 1. The first-order valence-electron chi connectivity index (χ1n) is 6.05. The Kier molecular flexibility index (Phi) is 4.02. The number of hydrogen-bond donors (Lipinski definition) is 1. The molecule has 1 saturated heterocycles. The van der Waals surface area contributed by atoms with Gasteiger partial charge in [-0.3, -0.25) is 10.1 Å². The molecule has 108 valence electrons. The van der Waals surface area contributed by atoms with Crippen molar-refractivity contribution in [3.8, 4) is 0 Å². The van der Waals surface area contributed by atoms with Gasteiger partial charge < -0.3 is 15.0 Å². The Morgan fingerprint density at radius 3 is 3.00 bits per heavy atom. The lowest BCUT2D eigenvalue weighted by molar-refractivity contribution is -0.386. The van der Waals surface area contributed by atoms with E-state index in [4.69, 9.17) is 0 Å². The van der Waals surface area contributed by atoms with Crippen molar-refractivity contribution >= 4 is 17.5 Å². The number of alkyl carbamates (subject to hydrolysis) is 1. The second-order valence-electron chi connectivity index (χ2n) is 4.43. The molecule has 0 saturated carbocycles. The summed E-state index contributed by atoms with van der Waals surface area (Å²) in [7, 11) is 1.26. The topological polar surface area (TPSA) is 84.7 Å². The summed E-state index contributed by atoms with van der Waals surface area (Å²) in [5, 5.41) is 13.6. The molecule has 20 heavy (non-hydrogen) atoms. The number of nitrogens with zero attached hydrogens (tertiary/aromatic N) is 2. The molecule has 0 aromatic heterocycles. The van der Waals surface area contributed by atoms with Crippen molar-refractivity contribution in [3.63, 3.8) is 0 Å². The molecule has 0 spiro atoms. The average molecular weight is 283 g/mol. The maximum absolute atomic E-state index is 13.6. The van der Waals surface area contributed by atoms with E-state index in [0.29, 0.717) is 19.5 Å². The highest BCUT2D eigenvalue weighted by Gasteiger charge is 2.30. The highest BCUT2D eigenvalue weighted by atomic mass is 19.1. The van der Waals surface area contributed by atoms with E-state index in [1.165, 1.54) is 19.2 Å². The normalized spacial score (nSPS) is 17.9. The van der Waals surface area contributed by atoms with Gasteiger partial charge in [0.15, 0.2) is 0 Å². The smallest absolute Gasteiger partial charge is 0.407 e. The van der Waals surface area contributed by atoms with E-state index in [0.717, 1.165) is 6.07 Å². The van der Waals surface area contributed by atoms with Gasteiger partial charge in [0.25, 0.3) is 0 Å². The van der Waals surface area contributed by atoms with Crippen molar-refractivity contribution in [3.05, 3.63) is 34.1 Å². The zero-order valence-corrected chi connectivity index (χ0v) is 10.8. The molecule has 1 fully saturated rings. The molecule has 1 N–H and O–H groups in total. The zero-order chi connectivity index (χ0) is 14.7. The summed E-state index contributed by atoms with van der Waals surface area (Å²) in [5.74, 6) is -0.864. The fraction of sp³-hybridized carbons (Fsp3) is 0.417. The molecular formula is C12H14FN3O4. The van der Waals surface area contributed by atoms with Crippen LogP contribution in [0.15, 0.2) is 18.2 Å². The van der Waals surface area contributed by atoms with Crippen LogP contribution < -0.4 is 10.2 Å². The molecule has 2 rings (SSSR count). The average Bonchev–Trinajstić information content (AvgIpc) is 2.86. The van der Waals surface area contributed by atoms with Gasteiger partial charge in [-0.05, 0) is 18.6 Å². The first-order chi connectivity index (χ1) is 9.52. The van der Waals surface area contributed by atoms with Crippen LogP contribution in [0.2, 0.25) is 0 Å². The Hall–Kier alpha value is -2.38. The van der Waals surface area contributed by atoms with E-state index in [2.05, 4.69) is 10.1 Å². The lowest BCUT2D eigenvalue weighted by Gasteiger charge is -2.18. The minimum atomic E-state index is -0.864. The molecule has 1 amide bonds. The number of carbonyl (C=O) groups excluding carboxylic acids is 1. The van der Waals surface area contributed by atoms with E-state index >= 15 is 0 Å². The number of carbonyl (C=O) groups is 1. The molecule has 8 heteroatoms. The van der Waals surface area contributed by atoms with E-state index in [1.807, 2.05) is 0 Å². The second kappa shape index (κ2) is 5.72. The SMILES string of the molecule is COC(=O)NC1CCN(c2cccc(F)c2[N+](=O)[O-])C1. The first-order valence-corrected chi connectivity index (χ1v) is 6.05. The third-order valence-corrected chi connectivity index (χ3v) is 3.18.